The minimum absolute atomic E-state index is 0.0174. The molecule has 4 rings (SSSR count). The Bertz CT molecular complexity index is 1330. The van der Waals surface area contributed by atoms with Crippen molar-refractivity contribution in [3.05, 3.63) is 93.9 Å². The molecule has 2 amide bonds. The van der Waals surface area contributed by atoms with Gasteiger partial charge in [-0.05, 0) is 71.6 Å². The molecule has 0 aliphatic carbocycles. The van der Waals surface area contributed by atoms with Gasteiger partial charge < -0.3 is 40.4 Å². The van der Waals surface area contributed by atoms with Crippen LogP contribution < -0.4 is 16.4 Å². The summed E-state index contributed by atoms with van der Waals surface area (Å²) in [7, 11) is 0. The minimum atomic E-state index is -0.619. The summed E-state index contributed by atoms with van der Waals surface area (Å²) in [5.74, 6) is -0.564. The molecule has 0 radical (unpaired) electrons. The lowest BCUT2D eigenvalue weighted by molar-refractivity contribution is -0.168. The third kappa shape index (κ3) is 9.37. The van der Waals surface area contributed by atoms with Crippen LogP contribution in [0.15, 0.2) is 77.2 Å². The molecule has 1 aliphatic rings. The maximum Gasteiger partial charge on any atom is 0.286 e. The zero-order valence-corrected chi connectivity index (χ0v) is 25.0. The second kappa shape index (κ2) is 16.8. The van der Waals surface area contributed by atoms with Gasteiger partial charge in [-0.1, -0.05) is 24.3 Å². The Morgan fingerprint density at radius 3 is 2.47 bits per heavy atom. The molecule has 1 aromatic heterocycles. The number of nitrogens with two attached hydrogens (primary N) is 1. The van der Waals surface area contributed by atoms with Gasteiger partial charge in [-0.25, -0.2) is 0 Å². The number of hydrogen-bond acceptors (Lipinski definition) is 9. The molecular formula is C32H39N3O7S. The second-order valence-electron chi connectivity index (χ2n) is 9.88. The average molecular weight is 610 g/mol. The van der Waals surface area contributed by atoms with Crippen LogP contribution in [0.1, 0.15) is 40.7 Å². The van der Waals surface area contributed by atoms with E-state index < -0.39 is 6.29 Å². The van der Waals surface area contributed by atoms with Crippen molar-refractivity contribution in [1.29, 1.82) is 0 Å². The van der Waals surface area contributed by atoms with Gasteiger partial charge in [0.2, 0.25) is 6.29 Å². The lowest BCUT2D eigenvalue weighted by Crippen LogP contribution is -2.39. The standard InChI is InChI=1S/C32H39N3O7S/c1-2-41-32-25(11-14-39-16-17-40-15-13-36)26(24-12-18-43-21-24)19-29(42-32)31(38)34-20-22-7-9-23(10-8-22)30(37)35-28-6-4-3-5-27(28)33/h3-10,12,18-19,21,25-26,32,36H,2,11,13-17,20,33H2,1H3,(H,34,38)(H,35,37)/t25-,26-,32-/m1/s1. The summed E-state index contributed by atoms with van der Waals surface area (Å²) in [6, 6.07) is 16.1. The number of nitrogen functional groups attached to an aromatic ring is 1. The van der Waals surface area contributed by atoms with E-state index in [1.165, 1.54) is 0 Å². The maximum absolute atomic E-state index is 13.2. The summed E-state index contributed by atoms with van der Waals surface area (Å²) in [5, 5.41) is 18.6. The molecular weight excluding hydrogens is 570 g/mol. The number of aliphatic hydroxyl groups is 1. The predicted octanol–water partition coefficient (Wildman–Crippen LogP) is 4.29. The first-order valence-corrected chi connectivity index (χ1v) is 15.3. The van der Waals surface area contributed by atoms with Gasteiger partial charge in [0.25, 0.3) is 11.8 Å². The van der Waals surface area contributed by atoms with Gasteiger partial charge in [0.15, 0.2) is 5.76 Å². The Morgan fingerprint density at radius 1 is 1.00 bits per heavy atom. The predicted molar refractivity (Wildman–Crippen MR) is 166 cm³/mol. The Hall–Kier alpha value is -3.74. The smallest absolute Gasteiger partial charge is 0.286 e. The van der Waals surface area contributed by atoms with Gasteiger partial charge >= 0.3 is 0 Å². The van der Waals surface area contributed by atoms with Crippen LogP contribution in [0.5, 0.6) is 0 Å². The van der Waals surface area contributed by atoms with Crippen LogP contribution in [-0.4, -0.2) is 62.9 Å². The number of benzene rings is 2. The van der Waals surface area contributed by atoms with Crippen LogP contribution in [-0.2, 0) is 30.3 Å². The van der Waals surface area contributed by atoms with Crippen molar-refractivity contribution >= 4 is 34.5 Å². The fourth-order valence-electron chi connectivity index (χ4n) is 4.74. The third-order valence-electron chi connectivity index (χ3n) is 6.95. The number of thiophene rings is 1. The fourth-order valence-corrected chi connectivity index (χ4v) is 5.44. The van der Waals surface area contributed by atoms with E-state index in [2.05, 4.69) is 22.1 Å². The number of nitrogens with one attached hydrogen (secondary N) is 2. The van der Waals surface area contributed by atoms with Gasteiger partial charge in [0, 0.05) is 37.2 Å². The first-order valence-electron chi connectivity index (χ1n) is 14.3. The number of aliphatic hydroxyl groups excluding tert-OH is 1. The first kappa shape index (κ1) is 32.2. The van der Waals surface area contributed by atoms with E-state index in [-0.39, 0.29) is 49.2 Å². The van der Waals surface area contributed by atoms with Crippen molar-refractivity contribution in [3.8, 4) is 0 Å². The zero-order valence-electron chi connectivity index (χ0n) is 24.2. The Balaban J connectivity index is 1.37. The molecule has 230 valence electrons. The normalized spacial score (nSPS) is 18.0. The fraction of sp³-hybridized carbons (Fsp3) is 0.375. The van der Waals surface area contributed by atoms with Crippen LogP contribution in [0.4, 0.5) is 11.4 Å². The van der Waals surface area contributed by atoms with Gasteiger partial charge in [-0.3, -0.25) is 9.59 Å². The lowest BCUT2D eigenvalue weighted by Gasteiger charge is -2.36. The van der Waals surface area contributed by atoms with Gasteiger partial charge in [0.05, 0.1) is 37.8 Å². The van der Waals surface area contributed by atoms with E-state index in [9.17, 15) is 9.59 Å². The number of hydrogen-bond donors (Lipinski definition) is 4. The monoisotopic (exact) mass is 609 g/mol. The number of rotatable bonds is 16. The number of carbonyl (C=O) groups excluding carboxylic acids is 2. The van der Waals surface area contributed by atoms with Crippen molar-refractivity contribution in [2.75, 3.05) is 50.7 Å². The zero-order chi connectivity index (χ0) is 30.4. The van der Waals surface area contributed by atoms with Crippen LogP contribution in [0.2, 0.25) is 0 Å². The molecule has 0 saturated carbocycles. The van der Waals surface area contributed by atoms with Crippen LogP contribution in [0.25, 0.3) is 0 Å². The van der Waals surface area contributed by atoms with Gasteiger partial charge in [-0.2, -0.15) is 11.3 Å². The molecule has 0 bridgehead atoms. The van der Waals surface area contributed by atoms with E-state index >= 15 is 0 Å². The first-order chi connectivity index (χ1) is 21.0. The van der Waals surface area contributed by atoms with Crippen molar-refractivity contribution in [3.63, 3.8) is 0 Å². The molecule has 0 spiro atoms. The number of carbonyl (C=O) groups is 2. The highest BCUT2D eigenvalue weighted by molar-refractivity contribution is 7.08. The summed E-state index contributed by atoms with van der Waals surface area (Å²) in [6.45, 7) is 4.16. The van der Waals surface area contributed by atoms with Gasteiger partial charge in [-0.15, -0.1) is 0 Å². The molecule has 43 heavy (non-hydrogen) atoms. The van der Waals surface area contributed by atoms with Crippen molar-refractivity contribution < 1.29 is 33.6 Å². The largest absolute Gasteiger partial charge is 0.459 e. The summed E-state index contributed by atoms with van der Waals surface area (Å²) in [5.41, 5.74) is 9.35. The van der Waals surface area contributed by atoms with Crippen molar-refractivity contribution in [1.82, 2.24) is 5.32 Å². The summed E-state index contributed by atoms with van der Waals surface area (Å²) < 4.78 is 23.1. The highest BCUT2D eigenvalue weighted by Gasteiger charge is 2.38. The Morgan fingerprint density at radius 2 is 1.77 bits per heavy atom. The van der Waals surface area contributed by atoms with E-state index in [1.807, 2.05) is 18.4 Å². The van der Waals surface area contributed by atoms with E-state index in [1.54, 1.807) is 59.9 Å². The topological polar surface area (TPSA) is 141 Å². The van der Waals surface area contributed by atoms with Crippen molar-refractivity contribution in [2.24, 2.45) is 5.92 Å². The molecule has 0 unspecified atom stereocenters. The SMILES string of the molecule is CCO[C@@H]1OC(C(=O)NCc2ccc(C(=O)Nc3ccccc3N)cc2)=C[C@H](c2ccsc2)[C@H]1CCOCCOCCO. The van der Waals surface area contributed by atoms with E-state index in [4.69, 9.17) is 29.8 Å². The molecule has 5 N–H and O–H groups in total. The third-order valence-corrected chi connectivity index (χ3v) is 7.65. The van der Waals surface area contributed by atoms with E-state index in [0.29, 0.717) is 49.8 Å². The number of amides is 2. The number of allylic oxidation sites excluding steroid dienone is 1. The highest BCUT2D eigenvalue weighted by atomic mass is 32.1. The molecule has 1 aliphatic heterocycles. The van der Waals surface area contributed by atoms with Crippen molar-refractivity contribution in [2.45, 2.75) is 32.1 Å². The molecule has 0 fully saturated rings. The molecule has 2 heterocycles. The van der Waals surface area contributed by atoms with Crippen LogP contribution in [0.3, 0.4) is 0 Å². The van der Waals surface area contributed by atoms with Crippen LogP contribution in [0, 0.1) is 5.92 Å². The summed E-state index contributed by atoms with van der Waals surface area (Å²) >= 11 is 1.60. The maximum atomic E-state index is 13.2. The Labute approximate surface area is 255 Å². The number of ether oxygens (including phenoxy) is 4. The Kier molecular flexibility index (Phi) is 12.6. The second-order valence-corrected chi connectivity index (χ2v) is 10.7. The summed E-state index contributed by atoms with van der Waals surface area (Å²) in [6.07, 6.45) is 1.91. The lowest BCUT2D eigenvalue weighted by atomic mass is 9.82. The highest BCUT2D eigenvalue weighted by Crippen LogP contribution is 2.39. The number of para-hydroxylation sites is 2. The van der Waals surface area contributed by atoms with E-state index in [0.717, 1.165) is 11.1 Å². The summed E-state index contributed by atoms with van der Waals surface area (Å²) in [4.78, 5) is 25.9. The molecule has 2 aromatic carbocycles. The molecule has 10 nitrogen and oxygen atoms in total. The van der Waals surface area contributed by atoms with Crippen LogP contribution >= 0.6 is 11.3 Å². The average Bonchev–Trinajstić information content (AvgIpc) is 3.56. The molecule has 0 saturated heterocycles. The molecule has 3 aromatic rings. The molecule has 3 atom stereocenters. The molecule has 11 heteroatoms. The minimum Gasteiger partial charge on any atom is -0.459 e. The quantitative estimate of drug-likeness (QED) is 0.139. The number of anilines is 2. The van der Waals surface area contributed by atoms with Gasteiger partial charge in [0.1, 0.15) is 0 Å².